The van der Waals surface area contributed by atoms with Crippen LogP contribution < -0.4 is 10.6 Å². The molecule has 0 spiro atoms. The van der Waals surface area contributed by atoms with Crippen LogP contribution in [0.15, 0.2) is 36.4 Å². The first-order valence-electron chi connectivity index (χ1n) is 11.9. The lowest BCUT2D eigenvalue weighted by atomic mass is 9.94. The highest BCUT2D eigenvalue weighted by Crippen LogP contribution is 2.48. The van der Waals surface area contributed by atoms with E-state index in [2.05, 4.69) is 41.8 Å². The van der Waals surface area contributed by atoms with E-state index in [-0.39, 0.29) is 41.1 Å². The highest BCUT2D eigenvalue weighted by atomic mass is 35.5. The Hall–Kier alpha value is -2.42. The molecule has 1 aromatic heterocycles. The average molecular weight is 517 g/mol. The quantitative estimate of drug-likeness (QED) is 0.563. The topological polar surface area (TPSA) is 81.8 Å². The number of halogens is 1. The van der Waals surface area contributed by atoms with Crippen molar-refractivity contribution in [1.82, 2.24) is 20.4 Å². The Balaban J connectivity index is 1.45. The number of rotatable bonds is 8. The largest absolute Gasteiger partial charge is 0.349 e. The van der Waals surface area contributed by atoms with Crippen LogP contribution in [-0.4, -0.2) is 74.3 Å². The van der Waals surface area contributed by atoms with Gasteiger partial charge in [0.15, 0.2) is 0 Å². The summed E-state index contributed by atoms with van der Waals surface area (Å²) in [5, 5.41) is 6.10. The summed E-state index contributed by atoms with van der Waals surface area (Å²) in [6.07, 6.45) is 3.27. The molecule has 2 aliphatic rings. The minimum absolute atomic E-state index is 0.000132. The summed E-state index contributed by atoms with van der Waals surface area (Å²) < 4.78 is 0.536. The first kappa shape index (κ1) is 25.7. The molecule has 0 bridgehead atoms. The molecule has 2 aliphatic carbocycles. The molecular formula is C26H33ClN4O3S. The second kappa shape index (κ2) is 10.3. The Kier molecular flexibility index (Phi) is 7.54. The third kappa shape index (κ3) is 5.88. The fourth-order valence-corrected chi connectivity index (χ4v) is 6.07. The molecule has 2 saturated carbocycles. The molecule has 188 valence electrons. The first-order chi connectivity index (χ1) is 16.6. The van der Waals surface area contributed by atoms with Crippen LogP contribution in [0.4, 0.5) is 0 Å². The van der Waals surface area contributed by atoms with Crippen LogP contribution >= 0.6 is 22.9 Å². The molecule has 1 aromatic carbocycles. The number of nitrogens with one attached hydrogen (secondary N) is 2. The Morgan fingerprint density at radius 1 is 0.943 bits per heavy atom. The number of benzene rings is 1. The van der Waals surface area contributed by atoms with Gasteiger partial charge in [0.1, 0.15) is 0 Å². The summed E-state index contributed by atoms with van der Waals surface area (Å²) in [7, 11) is 7.61. The number of likely N-dealkylation sites (N-methyl/N-ethyl adjacent to an activating group) is 1. The van der Waals surface area contributed by atoms with Crippen LogP contribution in [0.3, 0.4) is 0 Å². The Morgan fingerprint density at radius 3 is 2.03 bits per heavy atom. The average Bonchev–Trinajstić information content (AvgIpc) is 3.27. The van der Waals surface area contributed by atoms with Crippen molar-refractivity contribution in [3.05, 3.63) is 56.7 Å². The maximum atomic E-state index is 13.1. The van der Waals surface area contributed by atoms with E-state index in [4.69, 9.17) is 11.6 Å². The molecule has 4 rings (SSSR count). The molecule has 3 unspecified atom stereocenters. The van der Waals surface area contributed by atoms with Crippen molar-refractivity contribution in [1.29, 1.82) is 0 Å². The molecule has 0 saturated heterocycles. The SMILES string of the molecule is CN(C)CC1(c2ccc(C(=O)NC3CC(C(=O)N(C)C)CC3NC(=O)c3ccc(Cl)s3)cc2)CC1. The lowest BCUT2D eigenvalue weighted by Crippen LogP contribution is -2.48. The summed E-state index contributed by atoms with van der Waals surface area (Å²) in [6.45, 7) is 0.999. The van der Waals surface area contributed by atoms with E-state index in [1.165, 1.54) is 16.9 Å². The van der Waals surface area contributed by atoms with Gasteiger partial charge in [0.2, 0.25) is 5.91 Å². The third-order valence-corrected chi connectivity index (χ3v) is 8.24. The van der Waals surface area contributed by atoms with Gasteiger partial charge in [-0.3, -0.25) is 14.4 Å². The molecule has 3 amide bonds. The molecular weight excluding hydrogens is 484 g/mol. The van der Waals surface area contributed by atoms with Gasteiger partial charge in [-0.1, -0.05) is 23.7 Å². The lowest BCUT2D eigenvalue weighted by molar-refractivity contribution is -0.132. The van der Waals surface area contributed by atoms with Crippen LogP contribution in [0.2, 0.25) is 4.34 Å². The first-order valence-corrected chi connectivity index (χ1v) is 13.1. The Labute approximate surface area is 215 Å². The molecule has 2 fully saturated rings. The van der Waals surface area contributed by atoms with Gasteiger partial charge >= 0.3 is 0 Å². The second-order valence-corrected chi connectivity index (χ2v) is 12.0. The zero-order valence-corrected chi connectivity index (χ0v) is 22.2. The van der Waals surface area contributed by atoms with Crippen molar-refractivity contribution < 1.29 is 14.4 Å². The molecule has 9 heteroatoms. The number of thiophene rings is 1. The third-order valence-electron chi connectivity index (χ3n) is 7.01. The van der Waals surface area contributed by atoms with Crippen LogP contribution in [0.1, 0.15) is 51.3 Å². The molecule has 2 aromatic rings. The maximum Gasteiger partial charge on any atom is 0.261 e. The fraction of sp³-hybridized carbons (Fsp3) is 0.500. The lowest BCUT2D eigenvalue weighted by Gasteiger charge is -2.23. The van der Waals surface area contributed by atoms with Crippen molar-refractivity contribution in [2.75, 3.05) is 34.7 Å². The van der Waals surface area contributed by atoms with E-state index < -0.39 is 0 Å². The van der Waals surface area contributed by atoms with E-state index in [0.29, 0.717) is 27.6 Å². The second-order valence-electron chi connectivity index (χ2n) is 10.3. The Bertz CT molecular complexity index is 1090. The van der Waals surface area contributed by atoms with Gasteiger partial charge < -0.3 is 20.4 Å². The molecule has 0 radical (unpaired) electrons. The van der Waals surface area contributed by atoms with E-state index >= 15 is 0 Å². The maximum absolute atomic E-state index is 13.1. The highest BCUT2D eigenvalue weighted by molar-refractivity contribution is 7.18. The fourth-order valence-electron chi connectivity index (χ4n) is 5.12. The molecule has 2 N–H and O–H groups in total. The molecule has 35 heavy (non-hydrogen) atoms. The number of amides is 3. The van der Waals surface area contributed by atoms with Crippen LogP contribution in [-0.2, 0) is 10.2 Å². The van der Waals surface area contributed by atoms with Crippen molar-refractivity contribution in [2.45, 2.75) is 43.2 Å². The summed E-state index contributed by atoms with van der Waals surface area (Å²) >= 11 is 7.19. The summed E-state index contributed by atoms with van der Waals surface area (Å²) in [5.74, 6) is -0.713. The van der Waals surface area contributed by atoms with E-state index in [0.717, 1.165) is 19.4 Å². The van der Waals surface area contributed by atoms with Crippen molar-refractivity contribution in [3.63, 3.8) is 0 Å². The minimum Gasteiger partial charge on any atom is -0.349 e. The zero-order valence-electron chi connectivity index (χ0n) is 20.6. The standard InChI is InChI=1S/C26H33ClN4O3S/c1-30(2)15-26(11-12-26)18-7-5-16(6-8-18)23(32)28-19-13-17(25(34)31(3)4)14-20(19)29-24(33)21-9-10-22(27)35-21/h5-10,17,19-20H,11-15H2,1-4H3,(H,28,32)(H,29,33). The minimum atomic E-state index is -0.352. The molecule has 3 atom stereocenters. The van der Waals surface area contributed by atoms with Crippen LogP contribution in [0.25, 0.3) is 0 Å². The van der Waals surface area contributed by atoms with Crippen LogP contribution in [0.5, 0.6) is 0 Å². The molecule has 0 aliphatic heterocycles. The predicted molar refractivity (Wildman–Crippen MR) is 139 cm³/mol. The molecule has 1 heterocycles. The predicted octanol–water partition coefficient (Wildman–Crippen LogP) is 3.39. The van der Waals surface area contributed by atoms with E-state index in [1.807, 2.05) is 12.1 Å². The van der Waals surface area contributed by atoms with E-state index in [1.54, 1.807) is 31.1 Å². The smallest absolute Gasteiger partial charge is 0.261 e. The number of carbonyl (C=O) groups is 3. The van der Waals surface area contributed by atoms with E-state index in [9.17, 15) is 14.4 Å². The molecule has 7 nitrogen and oxygen atoms in total. The normalized spacial score (nSPS) is 22.6. The van der Waals surface area contributed by atoms with Gasteiger partial charge in [-0.05, 0) is 69.6 Å². The Morgan fingerprint density at radius 2 is 1.54 bits per heavy atom. The van der Waals surface area contributed by atoms with Gasteiger partial charge in [-0.25, -0.2) is 0 Å². The van der Waals surface area contributed by atoms with Gasteiger partial charge in [-0.15, -0.1) is 11.3 Å². The summed E-state index contributed by atoms with van der Waals surface area (Å²) in [6, 6.07) is 10.5. The highest BCUT2D eigenvalue weighted by Gasteiger charge is 2.44. The van der Waals surface area contributed by atoms with Gasteiger partial charge in [0.05, 0.1) is 21.3 Å². The number of hydrogen-bond donors (Lipinski definition) is 2. The van der Waals surface area contributed by atoms with Crippen molar-refractivity contribution >= 4 is 40.7 Å². The van der Waals surface area contributed by atoms with Gasteiger partial charge in [0.25, 0.3) is 11.8 Å². The summed E-state index contributed by atoms with van der Waals surface area (Å²) in [5.41, 5.74) is 2.04. The number of carbonyl (C=O) groups excluding carboxylic acids is 3. The monoisotopic (exact) mass is 516 g/mol. The van der Waals surface area contributed by atoms with Crippen molar-refractivity contribution in [2.24, 2.45) is 5.92 Å². The van der Waals surface area contributed by atoms with Crippen LogP contribution in [0, 0.1) is 5.92 Å². The number of hydrogen-bond acceptors (Lipinski definition) is 5. The van der Waals surface area contributed by atoms with Crippen molar-refractivity contribution in [3.8, 4) is 0 Å². The summed E-state index contributed by atoms with van der Waals surface area (Å²) in [4.78, 5) is 42.8. The van der Waals surface area contributed by atoms with Gasteiger partial charge in [0, 0.05) is 37.5 Å². The zero-order chi connectivity index (χ0) is 25.3. The van der Waals surface area contributed by atoms with Gasteiger partial charge in [-0.2, -0.15) is 0 Å². The number of nitrogens with zero attached hydrogens (tertiary/aromatic N) is 2.